The van der Waals surface area contributed by atoms with Gasteiger partial charge in [0.15, 0.2) is 0 Å². The summed E-state index contributed by atoms with van der Waals surface area (Å²) in [5.74, 6) is 0.238. The van der Waals surface area contributed by atoms with Crippen molar-refractivity contribution < 1.29 is 14.6 Å². The lowest BCUT2D eigenvalue weighted by Gasteiger charge is -2.38. The van der Waals surface area contributed by atoms with Crippen LogP contribution in [0.1, 0.15) is 61.6 Å². The number of nitrogens with zero attached hydrogens (tertiary/aromatic N) is 1. The number of fused-ring (bicyclic) bond motifs is 3. The molecule has 2 aliphatic heterocycles. The molecule has 3 aliphatic rings. The standard InChI is InChI=1S/C29H35NO3/c31-29(32)25-17-26-12-13-27(18-25)30(26)20-22-9-10-24-19-28(14-11-23(24)16-22)33-15-5-4-8-21-6-2-1-3-7-21/h1-3,6-7,11,14,16,19,25-27H,4-5,8-10,12-13,15,17-18,20H2,(H,31,32). The smallest absolute Gasteiger partial charge is 0.306 e. The summed E-state index contributed by atoms with van der Waals surface area (Å²) in [5.41, 5.74) is 5.59. The van der Waals surface area contributed by atoms with Crippen LogP contribution in [0.5, 0.6) is 5.75 Å². The molecule has 0 amide bonds. The molecule has 1 N–H and O–H groups in total. The van der Waals surface area contributed by atoms with Crippen molar-refractivity contribution in [1.29, 1.82) is 0 Å². The third kappa shape index (κ3) is 5.33. The van der Waals surface area contributed by atoms with E-state index in [1.165, 1.54) is 22.3 Å². The number of aliphatic carboxylic acids is 1. The van der Waals surface area contributed by atoms with Crippen LogP contribution in [0, 0.1) is 5.92 Å². The number of carboxylic acids is 1. The van der Waals surface area contributed by atoms with Gasteiger partial charge in [0.25, 0.3) is 0 Å². The van der Waals surface area contributed by atoms with Gasteiger partial charge in [0.05, 0.1) is 12.5 Å². The third-order valence-electron chi connectivity index (χ3n) is 7.78. The minimum absolute atomic E-state index is 0.142. The quantitative estimate of drug-likeness (QED) is 0.500. The average molecular weight is 446 g/mol. The Hall–Kier alpha value is -2.59. The predicted molar refractivity (Wildman–Crippen MR) is 131 cm³/mol. The molecular weight excluding hydrogens is 410 g/mol. The van der Waals surface area contributed by atoms with E-state index in [-0.39, 0.29) is 5.92 Å². The molecule has 4 nitrogen and oxygen atoms in total. The number of unbranched alkanes of at least 4 members (excludes halogenated alkanes) is 1. The topological polar surface area (TPSA) is 49.8 Å². The Kier molecular flexibility index (Phi) is 6.82. The van der Waals surface area contributed by atoms with Gasteiger partial charge in [-0.05, 0) is 86.6 Å². The van der Waals surface area contributed by atoms with E-state index in [2.05, 4.69) is 59.5 Å². The number of carbonyl (C=O) groups is 1. The van der Waals surface area contributed by atoms with Crippen molar-refractivity contribution in [2.75, 3.05) is 13.2 Å². The van der Waals surface area contributed by atoms with Gasteiger partial charge in [-0.25, -0.2) is 0 Å². The first-order valence-electron chi connectivity index (χ1n) is 12.6. The average Bonchev–Trinajstić information content (AvgIpc) is 3.05. The minimum Gasteiger partial charge on any atom is -0.494 e. The number of piperidine rings is 1. The zero-order chi connectivity index (χ0) is 22.6. The Morgan fingerprint density at radius 3 is 2.55 bits per heavy atom. The van der Waals surface area contributed by atoms with Crippen LogP contribution in [0.25, 0.3) is 6.08 Å². The van der Waals surface area contributed by atoms with E-state index in [0.29, 0.717) is 12.1 Å². The molecule has 2 heterocycles. The SMILES string of the molecule is O=C(O)C1CC2CCC(C1)N2CC1=Cc2ccc(OCCCCc3ccccc3)cc2CC1. The minimum atomic E-state index is -0.605. The van der Waals surface area contributed by atoms with Crippen LogP contribution in [0.3, 0.4) is 0 Å². The van der Waals surface area contributed by atoms with Gasteiger partial charge in [-0.2, -0.15) is 0 Å². The third-order valence-corrected chi connectivity index (χ3v) is 7.78. The molecule has 0 saturated carbocycles. The van der Waals surface area contributed by atoms with E-state index < -0.39 is 5.97 Å². The van der Waals surface area contributed by atoms with Crippen molar-refractivity contribution in [3.63, 3.8) is 0 Å². The molecule has 2 aromatic rings. The molecule has 33 heavy (non-hydrogen) atoms. The maximum Gasteiger partial charge on any atom is 0.306 e. The normalized spacial score (nSPS) is 24.2. The monoisotopic (exact) mass is 445 g/mol. The first kappa shape index (κ1) is 22.2. The number of carboxylic acid groups (broad SMARTS) is 1. The number of hydrogen-bond acceptors (Lipinski definition) is 3. The molecule has 1 aliphatic carbocycles. The Morgan fingerprint density at radius 2 is 1.79 bits per heavy atom. The summed E-state index contributed by atoms with van der Waals surface area (Å²) in [7, 11) is 0. The van der Waals surface area contributed by atoms with Crippen molar-refractivity contribution in [2.45, 2.75) is 69.9 Å². The maximum atomic E-state index is 11.5. The highest BCUT2D eigenvalue weighted by molar-refractivity contribution is 5.70. The van der Waals surface area contributed by atoms with Crippen LogP contribution in [-0.4, -0.2) is 41.2 Å². The van der Waals surface area contributed by atoms with Crippen molar-refractivity contribution in [1.82, 2.24) is 4.90 Å². The van der Waals surface area contributed by atoms with Crippen molar-refractivity contribution in [3.05, 3.63) is 70.8 Å². The van der Waals surface area contributed by atoms with Crippen LogP contribution in [0.2, 0.25) is 0 Å². The number of hydrogen-bond donors (Lipinski definition) is 1. The number of ether oxygens (including phenoxy) is 1. The zero-order valence-electron chi connectivity index (χ0n) is 19.4. The molecule has 0 spiro atoms. The largest absolute Gasteiger partial charge is 0.494 e. The van der Waals surface area contributed by atoms with Crippen molar-refractivity contribution in [2.24, 2.45) is 5.92 Å². The van der Waals surface area contributed by atoms with Gasteiger partial charge >= 0.3 is 5.97 Å². The van der Waals surface area contributed by atoms with E-state index in [9.17, 15) is 9.90 Å². The van der Waals surface area contributed by atoms with Gasteiger partial charge in [-0.3, -0.25) is 9.69 Å². The fourth-order valence-corrected chi connectivity index (χ4v) is 5.98. The lowest BCUT2D eigenvalue weighted by molar-refractivity contribution is -0.144. The first-order chi connectivity index (χ1) is 16.2. The highest BCUT2D eigenvalue weighted by Gasteiger charge is 2.42. The maximum absolute atomic E-state index is 11.5. The molecule has 2 fully saturated rings. The second-order valence-electron chi connectivity index (χ2n) is 10.0. The van der Waals surface area contributed by atoms with E-state index in [0.717, 1.165) is 76.7 Å². The summed E-state index contributed by atoms with van der Waals surface area (Å²) >= 11 is 0. The fourth-order valence-electron chi connectivity index (χ4n) is 5.98. The molecule has 5 rings (SSSR count). The predicted octanol–water partition coefficient (Wildman–Crippen LogP) is 5.75. The molecule has 2 saturated heterocycles. The van der Waals surface area contributed by atoms with E-state index >= 15 is 0 Å². The molecule has 2 atom stereocenters. The van der Waals surface area contributed by atoms with Gasteiger partial charge in [0.2, 0.25) is 0 Å². The second-order valence-corrected chi connectivity index (χ2v) is 10.0. The Labute approximate surface area is 197 Å². The Balaban J connectivity index is 1.12. The summed E-state index contributed by atoms with van der Waals surface area (Å²) in [6, 6.07) is 18.1. The summed E-state index contributed by atoms with van der Waals surface area (Å²) in [6.45, 7) is 1.77. The summed E-state index contributed by atoms with van der Waals surface area (Å²) in [4.78, 5) is 14.1. The summed E-state index contributed by atoms with van der Waals surface area (Å²) < 4.78 is 6.05. The van der Waals surface area contributed by atoms with Gasteiger partial charge in [0.1, 0.15) is 5.75 Å². The van der Waals surface area contributed by atoms with Gasteiger partial charge in [-0.15, -0.1) is 0 Å². The first-order valence-corrected chi connectivity index (χ1v) is 12.6. The van der Waals surface area contributed by atoms with Crippen LogP contribution in [0.15, 0.2) is 54.1 Å². The van der Waals surface area contributed by atoms with Gasteiger partial charge < -0.3 is 9.84 Å². The van der Waals surface area contributed by atoms with Crippen molar-refractivity contribution >= 4 is 12.0 Å². The van der Waals surface area contributed by atoms with Crippen molar-refractivity contribution in [3.8, 4) is 5.75 Å². The fraction of sp³-hybridized carbons (Fsp3) is 0.483. The molecule has 0 aromatic heterocycles. The molecule has 2 aromatic carbocycles. The summed E-state index contributed by atoms with van der Waals surface area (Å²) in [6.07, 6.45) is 11.8. The molecule has 2 bridgehead atoms. The number of aryl methyl sites for hydroxylation is 2. The second kappa shape index (κ2) is 10.1. The Morgan fingerprint density at radius 1 is 1.00 bits per heavy atom. The highest BCUT2D eigenvalue weighted by Crippen LogP contribution is 2.40. The van der Waals surface area contributed by atoms with Gasteiger partial charge in [0, 0.05) is 18.6 Å². The van der Waals surface area contributed by atoms with E-state index in [1.807, 2.05) is 0 Å². The summed E-state index contributed by atoms with van der Waals surface area (Å²) in [5, 5.41) is 9.43. The Bertz CT molecular complexity index is 985. The van der Waals surface area contributed by atoms with Crippen LogP contribution < -0.4 is 4.74 Å². The van der Waals surface area contributed by atoms with Crippen LogP contribution in [-0.2, 0) is 17.6 Å². The lowest BCUT2D eigenvalue weighted by Crippen LogP contribution is -2.45. The lowest BCUT2D eigenvalue weighted by atomic mass is 9.88. The molecule has 2 unspecified atom stereocenters. The highest BCUT2D eigenvalue weighted by atomic mass is 16.5. The molecule has 174 valence electrons. The molecule has 0 radical (unpaired) electrons. The van der Waals surface area contributed by atoms with Crippen LogP contribution in [0.4, 0.5) is 0 Å². The van der Waals surface area contributed by atoms with Gasteiger partial charge in [-0.1, -0.05) is 48.0 Å². The number of benzene rings is 2. The van der Waals surface area contributed by atoms with E-state index in [1.54, 1.807) is 0 Å². The molecular formula is C29H35NO3. The molecule has 4 heteroatoms. The van der Waals surface area contributed by atoms with E-state index in [4.69, 9.17) is 4.74 Å². The van der Waals surface area contributed by atoms with Crippen LogP contribution >= 0.6 is 0 Å². The number of rotatable bonds is 9. The zero-order valence-corrected chi connectivity index (χ0v) is 19.4.